The molecule has 0 saturated carbocycles. The molecule has 1 N–H and O–H groups in total. The quantitative estimate of drug-likeness (QED) is 0.914. The zero-order valence-electron chi connectivity index (χ0n) is 12.8. The minimum Gasteiger partial charge on any atom is -0.493 e. The van der Waals surface area contributed by atoms with Crippen LogP contribution < -0.4 is 9.46 Å². The lowest BCUT2D eigenvalue weighted by atomic mass is 10.1. The number of sulfonamides is 1. The average molecular weight is 335 g/mol. The predicted molar refractivity (Wildman–Crippen MR) is 85.7 cm³/mol. The molecule has 0 amide bonds. The second-order valence-corrected chi connectivity index (χ2v) is 7.33. The molecule has 0 spiro atoms. The van der Waals surface area contributed by atoms with Gasteiger partial charge in [-0.3, -0.25) is 0 Å². The Kier molecular flexibility index (Phi) is 4.37. The maximum absolute atomic E-state index is 13.1. The maximum Gasteiger partial charge on any atom is 0.240 e. The second-order valence-electron chi connectivity index (χ2n) is 5.60. The number of hydrogen-bond donors (Lipinski definition) is 1. The Morgan fingerprint density at radius 3 is 2.83 bits per heavy atom. The third kappa shape index (κ3) is 3.54. The zero-order chi connectivity index (χ0) is 16.4. The normalized spacial score (nSPS) is 13.7. The molecule has 0 bridgehead atoms. The van der Waals surface area contributed by atoms with Crippen molar-refractivity contribution in [1.82, 2.24) is 4.72 Å². The molecule has 0 atom stereocenters. The smallest absolute Gasteiger partial charge is 0.240 e. The number of hydrogen-bond acceptors (Lipinski definition) is 3. The van der Waals surface area contributed by atoms with Crippen LogP contribution in [0.15, 0.2) is 41.3 Å². The third-order valence-electron chi connectivity index (χ3n) is 3.89. The molecule has 1 heterocycles. The molecule has 0 fully saturated rings. The van der Waals surface area contributed by atoms with Crippen molar-refractivity contribution in [2.24, 2.45) is 0 Å². The molecule has 1 aliphatic rings. The van der Waals surface area contributed by atoms with Gasteiger partial charge in [-0.2, -0.15) is 0 Å². The van der Waals surface area contributed by atoms with Gasteiger partial charge in [0.05, 0.1) is 11.5 Å². The highest BCUT2D eigenvalue weighted by Crippen LogP contribution is 2.26. The summed E-state index contributed by atoms with van der Waals surface area (Å²) in [5, 5.41) is 0. The Morgan fingerprint density at radius 1 is 1.22 bits per heavy atom. The van der Waals surface area contributed by atoms with Crippen LogP contribution in [0.5, 0.6) is 5.75 Å². The Hall–Kier alpha value is -1.92. The topological polar surface area (TPSA) is 55.4 Å². The van der Waals surface area contributed by atoms with Crippen LogP contribution in [0.2, 0.25) is 0 Å². The van der Waals surface area contributed by atoms with Crippen LogP contribution in [0.3, 0.4) is 0 Å². The van der Waals surface area contributed by atoms with Crippen LogP contribution in [0, 0.1) is 12.7 Å². The first-order chi connectivity index (χ1) is 11.0. The summed E-state index contributed by atoms with van der Waals surface area (Å²) in [6.07, 6.45) is 1.48. The van der Waals surface area contributed by atoms with Crippen molar-refractivity contribution in [1.29, 1.82) is 0 Å². The highest BCUT2D eigenvalue weighted by atomic mass is 32.2. The van der Waals surface area contributed by atoms with Crippen LogP contribution >= 0.6 is 0 Å². The van der Waals surface area contributed by atoms with Crippen LogP contribution in [0.1, 0.15) is 16.7 Å². The summed E-state index contributed by atoms with van der Waals surface area (Å²) in [7, 11) is -3.63. The monoisotopic (exact) mass is 335 g/mol. The van der Waals surface area contributed by atoms with E-state index < -0.39 is 15.8 Å². The van der Waals surface area contributed by atoms with Gasteiger partial charge in [0.1, 0.15) is 11.6 Å². The highest BCUT2D eigenvalue weighted by Gasteiger charge is 2.17. The highest BCUT2D eigenvalue weighted by molar-refractivity contribution is 7.89. The molecule has 0 aromatic heterocycles. The molecule has 23 heavy (non-hydrogen) atoms. The minimum atomic E-state index is -3.63. The lowest BCUT2D eigenvalue weighted by molar-refractivity contribution is 0.357. The number of halogens is 1. The van der Waals surface area contributed by atoms with Gasteiger partial charge in [-0.1, -0.05) is 12.1 Å². The summed E-state index contributed by atoms with van der Waals surface area (Å²) in [4.78, 5) is 0.112. The molecule has 122 valence electrons. The van der Waals surface area contributed by atoms with Crippen molar-refractivity contribution in [3.05, 3.63) is 58.9 Å². The zero-order valence-corrected chi connectivity index (χ0v) is 13.6. The molecule has 3 rings (SSSR count). The largest absolute Gasteiger partial charge is 0.493 e. The fourth-order valence-electron chi connectivity index (χ4n) is 2.72. The van der Waals surface area contributed by atoms with Crippen LogP contribution in [0.25, 0.3) is 0 Å². The third-order valence-corrected chi connectivity index (χ3v) is 5.51. The van der Waals surface area contributed by atoms with E-state index in [4.69, 9.17) is 4.74 Å². The minimum absolute atomic E-state index is 0.112. The van der Waals surface area contributed by atoms with E-state index in [1.165, 1.54) is 17.7 Å². The van der Waals surface area contributed by atoms with Gasteiger partial charge in [0, 0.05) is 13.0 Å². The Labute approximate surface area is 135 Å². The molecule has 1 aliphatic heterocycles. The molecule has 6 heteroatoms. The number of nitrogens with one attached hydrogen (secondary N) is 1. The number of fused-ring (bicyclic) bond motifs is 1. The van der Waals surface area contributed by atoms with Gasteiger partial charge in [0.25, 0.3) is 0 Å². The summed E-state index contributed by atoms with van der Waals surface area (Å²) in [6, 6.07) is 9.59. The molecule has 2 aromatic carbocycles. The summed E-state index contributed by atoms with van der Waals surface area (Å²) < 4.78 is 45.7. The molecule has 2 aromatic rings. The second kappa shape index (κ2) is 6.29. The van der Waals surface area contributed by atoms with Gasteiger partial charge in [-0.15, -0.1) is 0 Å². The first kappa shape index (κ1) is 16.0. The molecule has 0 aliphatic carbocycles. The lowest BCUT2D eigenvalue weighted by Gasteiger charge is -2.10. The van der Waals surface area contributed by atoms with Crippen molar-refractivity contribution in [2.45, 2.75) is 24.7 Å². The van der Waals surface area contributed by atoms with Crippen LogP contribution in [-0.2, 0) is 22.9 Å². The first-order valence-corrected chi connectivity index (χ1v) is 8.94. The molecule has 4 nitrogen and oxygen atoms in total. The lowest BCUT2D eigenvalue weighted by Crippen LogP contribution is -2.26. The van der Waals surface area contributed by atoms with Crippen molar-refractivity contribution < 1.29 is 17.5 Å². The van der Waals surface area contributed by atoms with E-state index in [9.17, 15) is 12.8 Å². The summed E-state index contributed by atoms with van der Waals surface area (Å²) in [5.74, 6) is 0.470. The van der Waals surface area contributed by atoms with Crippen molar-refractivity contribution in [2.75, 3.05) is 13.2 Å². The van der Waals surface area contributed by atoms with Gasteiger partial charge in [-0.25, -0.2) is 17.5 Å². The fourth-order valence-corrected chi connectivity index (χ4v) is 3.97. The van der Waals surface area contributed by atoms with E-state index in [1.54, 1.807) is 6.92 Å². The van der Waals surface area contributed by atoms with Crippen molar-refractivity contribution in [3.8, 4) is 5.75 Å². The van der Waals surface area contributed by atoms with Gasteiger partial charge >= 0.3 is 0 Å². The first-order valence-electron chi connectivity index (χ1n) is 7.46. The van der Waals surface area contributed by atoms with Gasteiger partial charge < -0.3 is 4.74 Å². The van der Waals surface area contributed by atoms with Crippen molar-refractivity contribution >= 4 is 10.0 Å². The molecular formula is C17H18FNO3S. The van der Waals surface area contributed by atoms with E-state index >= 15 is 0 Å². The number of benzene rings is 2. The van der Waals surface area contributed by atoms with Gasteiger partial charge in [-0.05, 0) is 54.3 Å². The van der Waals surface area contributed by atoms with E-state index in [1.807, 2.05) is 12.1 Å². The maximum atomic E-state index is 13.1. The van der Waals surface area contributed by atoms with E-state index in [0.29, 0.717) is 25.1 Å². The molecular weight excluding hydrogens is 317 g/mol. The van der Waals surface area contributed by atoms with E-state index in [2.05, 4.69) is 10.8 Å². The summed E-state index contributed by atoms with van der Waals surface area (Å²) in [6.45, 7) is 2.58. The Bertz CT molecular complexity index is 834. The van der Waals surface area contributed by atoms with Crippen LogP contribution in [-0.4, -0.2) is 21.6 Å². The fraction of sp³-hybridized carbons (Fsp3) is 0.294. The molecule has 0 unspecified atom stereocenters. The average Bonchev–Trinajstić information content (AvgIpc) is 2.94. The Balaban J connectivity index is 1.65. The predicted octanol–water partition coefficient (Wildman–Crippen LogP) is 2.59. The Morgan fingerprint density at radius 2 is 2.04 bits per heavy atom. The van der Waals surface area contributed by atoms with Gasteiger partial charge in [0.2, 0.25) is 10.0 Å². The standard InChI is InChI=1S/C17H18FNO3S/c1-12-10-15(18)3-5-17(12)23(20,21)19-8-6-13-2-4-16-14(11-13)7-9-22-16/h2-5,10-11,19H,6-9H2,1H3. The van der Waals surface area contributed by atoms with E-state index in [-0.39, 0.29) is 4.90 Å². The van der Waals surface area contributed by atoms with Crippen LogP contribution in [0.4, 0.5) is 4.39 Å². The number of ether oxygens (including phenoxy) is 1. The SMILES string of the molecule is Cc1cc(F)ccc1S(=O)(=O)NCCc1ccc2c(c1)CCO2. The van der Waals surface area contributed by atoms with E-state index in [0.717, 1.165) is 23.8 Å². The summed E-state index contributed by atoms with van der Waals surface area (Å²) >= 11 is 0. The number of rotatable bonds is 5. The molecule has 0 saturated heterocycles. The van der Waals surface area contributed by atoms with Gasteiger partial charge in [0.15, 0.2) is 0 Å². The molecule has 0 radical (unpaired) electrons. The van der Waals surface area contributed by atoms with Crippen molar-refractivity contribution in [3.63, 3.8) is 0 Å². The number of aryl methyl sites for hydroxylation is 1. The summed E-state index contributed by atoms with van der Waals surface area (Å²) in [5.41, 5.74) is 2.62.